The average molecular weight is 207 g/mol. The van der Waals surface area contributed by atoms with Crippen molar-refractivity contribution in [2.75, 3.05) is 13.2 Å². The Morgan fingerprint density at radius 1 is 1.53 bits per heavy atom. The number of benzene rings is 1. The van der Waals surface area contributed by atoms with Crippen molar-refractivity contribution in [1.82, 2.24) is 0 Å². The molecule has 0 aliphatic heterocycles. The van der Waals surface area contributed by atoms with Crippen molar-refractivity contribution < 1.29 is 9.53 Å². The molecule has 0 saturated heterocycles. The molecule has 0 aromatic heterocycles. The SMILES string of the molecule is CCOc1cccc(C(=O)C(C)CN)c1. The van der Waals surface area contributed by atoms with Crippen LogP contribution < -0.4 is 10.5 Å². The number of ether oxygens (including phenoxy) is 1. The summed E-state index contributed by atoms with van der Waals surface area (Å²) in [5.41, 5.74) is 6.12. The van der Waals surface area contributed by atoms with E-state index in [2.05, 4.69) is 0 Å². The van der Waals surface area contributed by atoms with Crippen LogP contribution in [-0.2, 0) is 0 Å². The highest BCUT2D eigenvalue weighted by molar-refractivity contribution is 5.98. The number of nitrogens with two attached hydrogens (primary N) is 1. The first-order valence-electron chi connectivity index (χ1n) is 5.16. The van der Waals surface area contributed by atoms with Gasteiger partial charge in [0, 0.05) is 18.0 Å². The number of Topliss-reactive ketones (excluding diaryl/α,β-unsaturated/α-hetero) is 1. The molecule has 1 rings (SSSR count). The Bertz CT molecular complexity index is 336. The van der Waals surface area contributed by atoms with Gasteiger partial charge in [-0.25, -0.2) is 0 Å². The Morgan fingerprint density at radius 3 is 2.87 bits per heavy atom. The average Bonchev–Trinajstić information content (AvgIpc) is 2.28. The lowest BCUT2D eigenvalue weighted by Crippen LogP contribution is -2.20. The highest BCUT2D eigenvalue weighted by Crippen LogP contribution is 2.16. The van der Waals surface area contributed by atoms with E-state index in [4.69, 9.17) is 10.5 Å². The summed E-state index contributed by atoms with van der Waals surface area (Å²) in [6, 6.07) is 7.21. The highest BCUT2D eigenvalue weighted by atomic mass is 16.5. The van der Waals surface area contributed by atoms with Gasteiger partial charge in [0.25, 0.3) is 0 Å². The monoisotopic (exact) mass is 207 g/mol. The van der Waals surface area contributed by atoms with E-state index in [9.17, 15) is 4.79 Å². The third kappa shape index (κ3) is 3.06. The van der Waals surface area contributed by atoms with Crippen LogP contribution in [0.4, 0.5) is 0 Å². The Morgan fingerprint density at radius 2 is 2.27 bits per heavy atom. The maximum atomic E-state index is 11.8. The van der Waals surface area contributed by atoms with Crippen LogP contribution in [0.5, 0.6) is 5.75 Å². The molecule has 0 fully saturated rings. The van der Waals surface area contributed by atoms with Crippen LogP contribution >= 0.6 is 0 Å². The van der Waals surface area contributed by atoms with Gasteiger partial charge < -0.3 is 10.5 Å². The fourth-order valence-corrected chi connectivity index (χ4v) is 1.30. The van der Waals surface area contributed by atoms with E-state index in [0.717, 1.165) is 5.75 Å². The maximum Gasteiger partial charge on any atom is 0.167 e. The van der Waals surface area contributed by atoms with E-state index in [1.807, 2.05) is 26.0 Å². The summed E-state index contributed by atoms with van der Waals surface area (Å²) in [5, 5.41) is 0. The second-order valence-electron chi connectivity index (χ2n) is 3.46. The minimum atomic E-state index is -0.137. The Balaban J connectivity index is 2.85. The summed E-state index contributed by atoms with van der Waals surface area (Å²) in [6.07, 6.45) is 0. The highest BCUT2D eigenvalue weighted by Gasteiger charge is 2.13. The molecule has 82 valence electrons. The van der Waals surface area contributed by atoms with Gasteiger partial charge in [0.15, 0.2) is 5.78 Å². The standard InChI is InChI=1S/C12H17NO2/c1-3-15-11-6-4-5-10(7-11)12(14)9(2)8-13/h4-7,9H,3,8,13H2,1-2H3. The number of rotatable bonds is 5. The van der Waals surface area contributed by atoms with Gasteiger partial charge in [-0.3, -0.25) is 4.79 Å². The zero-order valence-electron chi connectivity index (χ0n) is 9.19. The smallest absolute Gasteiger partial charge is 0.167 e. The van der Waals surface area contributed by atoms with Crippen molar-refractivity contribution >= 4 is 5.78 Å². The van der Waals surface area contributed by atoms with Gasteiger partial charge in [-0.2, -0.15) is 0 Å². The quantitative estimate of drug-likeness (QED) is 0.750. The molecule has 15 heavy (non-hydrogen) atoms. The van der Waals surface area contributed by atoms with Crippen LogP contribution in [0.15, 0.2) is 24.3 Å². The van der Waals surface area contributed by atoms with Gasteiger partial charge in [0.1, 0.15) is 5.75 Å². The number of hydrogen-bond donors (Lipinski definition) is 1. The molecule has 0 radical (unpaired) electrons. The van der Waals surface area contributed by atoms with Crippen LogP contribution in [0.25, 0.3) is 0 Å². The minimum Gasteiger partial charge on any atom is -0.494 e. The largest absolute Gasteiger partial charge is 0.494 e. The molecular weight excluding hydrogens is 190 g/mol. The Kier molecular flexibility index (Phi) is 4.31. The summed E-state index contributed by atoms with van der Waals surface area (Å²) < 4.78 is 5.33. The molecule has 0 spiro atoms. The maximum absolute atomic E-state index is 11.8. The molecule has 1 aromatic carbocycles. The van der Waals surface area contributed by atoms with Gasteiger partial charge in [0.2, 0.25) is 0 Å². The van der Waals surface area contributed by atoms with Crippen molar-refractivity contribution in [1.29, 1.82) is 0 Å². The lowest BCUT2D eigenvalue weighted by Gasteiger charge is -2.09. The van der Waals surface area contributed by atoms with Crippen molar-refractivity contribution in [2.45, 2.75) is 13.8 Å². The molecule has 0 aliphatic rings. The topological polar surface area (TPSA) is 52.3 Å². The zero-order chi connectivity index (χ0) is 11.3. The third-order valence-corrected chi connectivity index (χ3v) is 2.23. The molecule has 1 atom stereocenters. The lowest BCUT2D eigenvalue weighted by molar-refractivity contribution is 0.0934. The van der Waals surface area contributed by atoms with Crippen molar-refractivity contribution in [3.05, 3.63) is 29.8 Å². The Hall–Kier alpha value is -1.35. The summed E-state index contributed by atoms with van der Waals surface area (Å²) in [4.78, 5) is 11.8. The van der Waals surface area contributed by atoms with E-state index in [1.54, 1.807) is 12.1 Å². The molecule has 0 amide bonds. The second kappa shape index (κ2) is 5.51. The number of carbonyl (C=O) groups is 1. The first kappa shape index (κ1) is 11.7. The van der Waals surface area contributed by atoms with E-state index in [1.165, 1.54) is 0 Å². The van der Waals surface area contributed by atoms with Crippen LogP contribution in [0.1, 0.15) is 24.2 Å². The first-order valence-corrected chi connectivity index (χ1v) is 5.16. The molecule has 0 bridgehead atoms. The number of ketones is 1. The van der Waals surface area contributed by atoms with Gasteiger partial charge in [-0.1, -0.05) is 19.1 Å². The molecule has 3 heteroatoms. The van der Waals surface area contributed by atoms with E-state index in [-0.39, 0.29) is 11.7 Å². The van der Waals surface area contributed by atoms with Crippen LogP contribution in [0, 0.1) is 5.92 Å². The molecular formula is C12H17NO2. The molecule has 0 heterocycles. The van der Waals surface area contributed by atoms with Crippen molar-refractivity contribution in [2.24, 2.45) is 11.7 Å². The van der Waals surface area contributed by atoms with E-state index in [0.29, 0.717) is 18.7 Å². The van der Waals surface area contributed by atoms with Crippen LogP contribution in [0.2, 0.25) is 0 Å². The van der Waals surface area contributed by atoms with Gasteiger partial charge >= 0.3 is 0 Å². The minimum absolute atomic E-state index is 0.0686. The molecule has 1 unspecified atom stereocenters. The summed E-state index contributed by atoms with van der Waals surface area (Å²) in [5.74, 6) is 0.661. The van der Waals surface area contributed by atoms with Crippen LogP contribution in [-0.4, -0.2) is 18.9 Å². The molecule has 1 aromatic rings. The second-order valence-corrected chi connectivity index (χ2v) is 3.46. The number of carbonyl (C=O) groups excluding carboxylic acids is 1. The summed E-state index contributed by atoms with van der Waals surface area (Å²) in [7, 11) is 0. The third-order valence-electron chi connectivity index (χ3n) is 2.23. The fraction of sp³-hybridized carbons (Fsp3) is 0.417. The van der Waals surface area contributed by atoms with Gasteiger partial charge in [-0.05, 0) is 19.1 Å². The first-order chi connectivity index (χ1) is 7.19. The van der Waals surface area contributed by atoms with E-state index < -0.39 is 0 Å². The van der Waals surface area contributed by atoms with Crippen molar-refractivity contribution in [3.8, 4) is 5.75 Å². The number of hydrogen-bond acceptors (Lipinski definition) is 3. The molecule has 2 N–H and O–H groups in total. The zero-order valence-corrected chi connectivity index (χ0v) is 9.19. The fourth-order valence-electron chi connectivity index (χ4n) is 1.30. The van der Waals surface area contributed by atoms with Gasteiger partial charge in [0.05, 0.1) is 6.61 Å². The summed E-state index contributed by atoms with van der Waals surface area (Å²) in [6.45, 7) is 4.72. The predicted molar refractivity (Wildman–Crippen MR) is 60.2 cm³/mol. The normalized spacial score (nSPS) is 12.2. The summed E-state index contributed by atoms with van der Waals surface area (Å²) >= 11 is 0. The predicted octanol–water partition coefficient (Wildman–Crippen LogP) is 1.86. The van der Waals surface area contributed by atoms with Gasteiger partial charge in [-0.15, -0.1) is 0 Å². The Labute approximate surface area is 90.2 Å². The molecule has 3 nitrogen and oxygen atoms in total. The van der Waals surface area contributed by atoms with E-state index >= 15 is 0 Å². The molecule has 0 aliphatic carbocycles. The van der Waals surface area contributed by atoms with Crippen LogP contribution in [0.3, 0.4) is 0 Å². The lowest BCUT2D eigenvalue weighted by atomic mass is 9.99. The molecule has 0 saturated carbocycles. The van der Waals surface area contributed by atoms with Crippen molar-refractivity contribution in [3.63, 3.8) is 0 Å².